The highest BCUT2D eigenvalue weighted by atomic mass is 31.1. The Labute approximate surface area is 49.3 Å². The Balaban J connectivity index is 3.26. The molecule has 0 spiro atoms. The number of nitrogens with zero attached hydrogens (tertiary/aromatic N) is 3. The van der Waals surface area contributed by atoms with Gasteiger partial charge < -0.3 is 0 Å². The van der Waals surface area contributed by atoms with Crippen LogP contribution in [0.1, 0.15) is 0 Å². The molecule has 5 heteroatoms. The Morgan fingerprint density at radius 1 is 1.62 bits per heavy atom. The third-order valence-electron chi connectivity index (χ3n) is 0.404. The van der Waals surface area contributed by atoms with Crippen LogP contribution in [0.15, 0.2) is 27.6 Å². The van der Waals surface area contributed by atoms with E-state index in [1.807, 2.05) is 12.5 Å². The standard InChI is InChI=1S/C3H7N4P/c1-8-3-2-5-7-6-4/h2-4,8H,1H3/b3-2-,6-4?,7-5?. The molecule has 0 aromatic rings. The first kappa shape index (κ1) is 7.37. The summed E-state index contributed by atoms with van der Waals surface area (Å²) >= 11 is 0. The fourth-order valence-corrected chi connectivity index (χ4v) is 0.379. The number of hydrogen-bond acceptors (Lipinski definition) is 2. The Bertz CT molecular complexity index is 108. The molecule has 0 rings (SSSR count). The summed E-state index contributed by atoms with van der Waals surface area (Å²) in [5.41, 5.74) is 6.17. The minimum Gasteiger partial charge on any atom is -0.183 e. The predicted octanol–water partition coefficient (Wildman–Crippen LogP) is 2.16. The first-order valence-corrected chi connectivity index (χ1v) is 3.58. The molecule has 44 valence electrons. The van der Waals surface area contributed by atoms with Crippen LogP contribution in [0.25, 0.3) is 0 Å². The Morgan fingerprint density at radius 3 is 2.88 bits per heavy atom. The lowest BCUT2D eigenvalue weighted by Gasteiger charge is -1.70. The lowest BCUT2D eigenvalue weighted by molar-refractivity contribution is 0.907. The van der Waals surface area contributed by atoms with E-state index in [0.29, 0.717) is 0 Å². The van der Waals surface area contributed by atoms with Crippen molar-refractivity contribution in [1.82, 2.24) is 0 Å². The summed E-state index contributed by atoms with van der Waals surface area (Å²) in [6, 6.07) is 0. The van der Waals surface area contributed by atoms with Gasteiger partial charge in [0.25, 0.3) is 0 Å². The fourth-order valence-electron chi connectivity index (χ4n) is 0.164. The summed E-state index contributed by atoms with van der Waals surface area (Å²) in [4.78, 5) is 0. The zero-order chi connectivity index (χ0) is 6.24. The van der Waals surface area contributed by atoms with Crippen molar-refractivity contribution in [2.45, 2.75) is 0 Å². The van der Waals surface area contributed by atoms with Crippen LogP contribution in [-0.4, -0.2) is 6.66 Å². The molecule has 1 unspecified atom stereocenters. The second-order valence-corrected chi connectivity index (χ2v) is 1.82. The molecule has 0 aliphatic heterocycles. The molecular formula is C3H7N4P. The smallest absolute Gasteiger partial charge is 0.0516 e. The molecule has 1 atom stereocenters. The van der Waals surface area contributed by atoms with Crippen LogP contribution < -0.4 is 0 Å². The SMILES string of the molecule is CP/C=C\N=NN=N. The van der Waals surface area contributed by atoms with Gasteiger partial charge in [-0.05, 0) is 22.9 Å². The average Bonchev–Trinajstić information content (AvgIpc) is 1.81. The van der Waals surface area contributed by atoms with Crippen LogP contribution >= 0.6 is 8.58 Å². The summed E-state index contributed by atoms with van der Waals surface area (Å²) in [6.07, 6.45) is 1.52. The van der Waals surface area contributed by atoms with Gasteiger partial charge in [-0.1, -0.05) is 8.58 Å². The maximum absolute atomic E-state index is 6.17. The van der Waals surface area contributed by atoms with E-state index in [1.165, 1.54) is 6.20 Å². The van der Waals surface area contributed by atoms with E-state index in [0.717, 1.165) is 8.58 Å². The maximum Gasteiger partial charge on any atom is 0.0516 e. The molecule has 0 aliphatic rings. The van der Waals surface area contributed by atoms with Crippen LogP contribution in [-0.2, 0) is 0 Å². The lowest BCUT2D eigenvalue weighted by atomic mass is 11.1. The molecule has 0 fully saturated rings. The average molecular weight is 130 g/mol. The van der Waals surface area contributed by atoms with Crippen molar-refractivity contribution in [3.63, 3.8) is 0 Å². The van der Waals surface area contributed by atoms with Gasteiger partial charge >= 0.3 is 0 Å². The third-order valence-corrected chi connectivity index (χ3v) is 0.887. The van der Waals surface area contributed by atoms with E-state index in [-0.39, 0.29) is 0 Å². The molecular weight excluding hydrogens is 123 g/mol. The van der Waals surface area contributed by atoms with Crippen LogP contribution in [0, 0.1) is 5.53 Å². The van der Waals surface area contributed by atoms with Crippen LogP contribution in [0.5, 0.6) is 0 Å². The summed E-state index contributed by atoms with van der Waals surface area (Å²) < 4.78 is 0. The molecule has 0 bridgehead atoms. The molecule has 0 aliphatic carbocycles. The Hall–Kier alpha value is -0.630. The topological polar surface area (TPSA) is 60.9 Å². The minimum absolute atomic E-state index is 0.732. The van der Waals surface area contributed by atoms with Gasteiger partial charge in [0, 0.05) is 0 Å². The van der Waals surface area contributed by atoms with E-state index in [2.05, 4.69) is 15.6 Å². The largest absolute Gasteiger partial charge is 0.183 e. The Morgan fingerprint density at radius 2 is 2.38 bits per heavy atom. The second-order valence-electron chi connectivity index (χ2n) is 0.909. The van der Waals surface area contributed by atoms with E-state index >= 15 is 0 Å². The summed E-state index contributed by atoms with van der Waals surface area (Å²) in [7, 11) is 0.732. The van der Waals surface area contributed by atoms with Crippen molar-refractivity contribution in [1.29, 1.82) is 5.53 Å². The molecule has 0 saturated carbocycles. The van der Waals surface area contributed by atoms with Crippen molar-refractivity contribution < 1.29 is 0 Å². The molecule has 0 radical (unpaired) electrons. The highest BCUT2D eigenvalue weighted by molar-refractivity contribution is 7.40. The van der Waals surface area contributed by atoms with Gasteiger partial charge in [-0.3, -0.25) is 0 Å². The number of rotatable bonds is 3. The normalized spacial score (nSPS) is 12.6. The molecule has 0 aromatic carbocycles. The minimum atomic E-state index is 0.732. The zero-order valence-electron chi connectivity index (χ0n) is 4.50. The predicted molar refractivity (Wildman–Crippen MR) is 33.4 cm³/mol. The fraction of sp³-hybridized carbons (Fsp3) is 0.333. The van der Waals surface area contributed by atoms with Crippen LogP contribution in [0.3, 0.4) is 0 Å². The molecule has 1 N–H and O–H groups in total. The molecule has 0 aromatic heterocycles. The van der Waals surface area contributed by atoms with Gasteiger partial charge in [-0.15, -0.1) is 5.11 Å². The van der Waals surface area contributed by atoms with Gasteiger partial charge in [0.15, 0.2) is 0 Å². The van der Waals surface area contributed by atoms with Gasteiger partial charge in [0.05, 0.1) is 6.20 Å². The van der Waals surface area contributed by atoms with Crippen LogP contribution in [0.2, 0.25) is 0 Å². The molecule has 4 nitrogen and oxygen atoms in total. The first-order valence-electron chi connectivity index (χ1n) is 2.00. The van der Waals surface area contributed by atoms with E-state index < -0.39 is 0 Å². The molecule has 0 amide bonds. The van der Waals surface area contributed by atoms with E-state index in [4.69, 9.17) is 5.53 Å². The molecule has 8 heavy (non-hydrogen) atoms. The van der Waals surface area contributed by atoms with Gasteiger partial charge in [-0.25, -0.2) is 0 Å². The van der Waals surface area contributed by atoms with Gasteiger partial charge in [-0.2, -0.15) is 5.53 Å². The summed E-state index contributed by atoms with van der Waals surface area (Å²) in [6.45, 7) is 2.02. The first-order chi connectivity index (χ1) is 3.91. The maximum atomic E-state index is 6.17. The summed E-state index contributed by atoms with van der Waals surface area (Å²) in [5, 5.41) is 9.09. The highest BCUT2D eigenvalue weighted by Crippen LogP contribution is 2.02. The molecule has 0 heterocycles. The zero-order valence-corrected chi connectivity index (χ0v) is 5.50. The highest BCUT2D eigenvalue weighted by Gasteiger charge is 1.60. The van der Waals surface area contributed by atoms with Gasteiger partial charge in [0.1, 0.15) is 0 Å². The van der Waals surface area contributed by atoms with Crippen molar-refractivity contribution >= 4 is 8.58 Å². The van der Waals surface area contributed by atoms with Crippen molar-refractivity contribution in [2.75, 3.05) is 6.66 Å². The summed E-state index contributed by atoms with van der Waals surface area (Å²) in [5.74, 6) is 1.86. The molecule has 0 saturated heterocycles. The van der Waals surface area contributed by atoms with E-state index in [1.54, 1.807) is 0 Å². The number of nitrogens with one attached hydrogen (secondary N) is 1. The Kier molecular flexibility index (Phi) is 5.87. The van der Waals surface area contributed by atoms with Crippen molar-refractivity contribution in [3.05, 3.63) is 12.0 Å². The number of hydrogen-bond donors (Lipinski definition) is 1. The lowest BCUT2D eigenvalue weighted by Crippen LogP contribution is -1.42. The van der Waals surface area contributed by atoms with E-state index in [9.17, 15) is 0 Å². The van der Waals surface area contributed by atoms with Crippen molar-refractivity contribution in [2.24, 2.45) is 15.6 Å². The third kappa shape index (κ3) is 5.37. The van der Waals surface area contributed by atoms with Crippen molar-refractivity contribution in [3.8, 4) is 0 Å². The second kappa shape index (κ2) is 6.37. The monoisotopic (exact) mass is 130 g/mol. The quantitative estimate of drug-likeness (QED) is 0.345. The van der Waals surface area contributed by atoms with Crippen LogP contribution in [0.4, 0.5) is 0 Å². The van der Waals surface area contributed by atoms with Gasteiger partial charge in [0.2, 0.25) is 0 Å².